The van der Waals surface area contributed by atoms with Crippen molar-refractivity contribution in [1.82, 2.24) is 5.32 Å². The van der Waals surface area contributed by atoms with Gasteiger partial charge in [0.05, 0.1) is 6.26 Å². The third-order valence-corrected chi connectivity index (χ3v) is 3.44. The molecule has 1 aromatic carbocycles. The van der Waals surface area contributed by atoms with E-state index in [1.54, 1.807) is 19.9 Å². The Morgan fingerprint density at radius 1 is 1.20 bits per heavy atom. The van der Waals surface area contributed by atoms with E-state index < -0.39 is 36.1 Å². The summed E-state index contributed by atoms with van der Waals surface area (Å²) in [5.74, 6) is -2.60. The summed E-state index contributed by atoms with van der Waals surface area (Å²) in [6, 6.07) is 7.16. The van der Waals surface area contributed by atoms with Crippen LogP contribution in [0.25, 0.3) is 0 Å². The van der Waals surface area contributed by atoms with E-state index in [-0.39, 0.29) is 17.2 Å². The molecule has 6 nitrogen and oxygen atoms in total. The minimum Gasteiger partial charge on any atom is -0.459 e. The molecule has 0 spiro atoms. The van der Waals surface area contributed by atoms with Gasteiger partial charge in [0.25, 0.3) is 5.91 Å². The molecular weight excluding hydrogens is 329 g/mol. The lowest BCUT2D eigenvalue weighted by atomic mass is 10.0. The van der Waals surface area contributed by atoms with Crippen LogP contribution in [-0.2, 0) is 9.53 Å². The van der Waals surface area contributed by atoms with Gasteiger partial charge in [-0.25, -0.2) is 9.18 Å². The second-order valence-corrected chi connectivity index (χ2v) is 5.71. The van der Waals surface area contributed by atoms with Crippen LogP contribution in [-0.4, -0.2) is 30.3 Å². The maximum atomic E-state index is 13.1. The number of ether oxygens (including phenoxy) is 1. The molecule has 1 N–H and O–H groups in total. The number of Topliss-reactive ketones (excluding diaryl/α,β-unsaturated/α-hetero) is 1. The molecule has 0 aliphatic carbocycles. The molecule has 0 unspecified atom stereocenters. The largest absolute Gasteiger partial charge is 0.459 e. The number of hydrogen-bond acceptors (Lipinski definition) is 5. The molecule has 1 heterocycles. The molecule has 2 rings (SSSR count). The highest BCUT2D eigenvalue weighted by Gasteiger charge is 2.27. The van der Waals surface area contributed by atoms with Crippen LogP contribution in [0.15, 0.2) is 47.1 Å². The van der Waals surface area contributed by atoms with Gasteiger partial charge in [0, 0.05) is 5.56 Å². The molecule has 1 atom stereocenters. The van der Waals surface area contributed by atoms with Crippen molar-refractivity contribution >= 4 is 17.7 Å². The number of nitrogens with one attached hydrogen (secondary N) is 1. The highest BCUT2D eigenvalue weighted by molar-refractivity contribution is 5.98. The standard InChI is InChI=1S/C18H18FNO5/c1-11(2)16(20-17(22)15-7-4-8-24-15)18(23)25-10-14(21)12-5-3-6-13(19)9-12/h3-9,11,16H,10H2,1-2H3,(H,20,22)/t16-/m0/s1. The van der Waals surface area contributed by atoms with E-state index >= 15 is 0 Å². The van der Waals surface area contributed by atoms with Crippen LogP contribution in [0, 0.1) is 11.7 Å². The van der Waals surface area contributed by atoms with Crippen molar-refractivity contribution in [3.05, 3.63) is 59.8 Å². The average Bonchev–Trinajstić information content (AvgIpc) is 3.11. The Labute approximate surface area is 144 Å². The van der Waals surface area contributed by atoms with E-state index in [0.29, 0.717) is 0 Å². The molecule has 132 valence electrons. The number of amides is 1. The fourth-order valence-corrected chi connectivity index (χ4v) is 2.09. The topological polar surface area (TPSA) is 85.6 Å². The van der Waals surface area contributed by atoms with Crippen LogP contribution < -0.4 is 5.32 Å². The van der Waals surface area contributed by atoms with Crippen molar-refractivity contribution < 1.29 is 27.9 Å². The van der Waals surface area contributed by atoms with Gasteiger partial charge in [-0.2, -0.15) is 0 Å². The monoisotopic (exact) mass is 347 g/mol. The van der Waals surface area contributed by atoms with Gasteiger partial charge in [-0.15, -0.1) is 0 Å². The molecule has 0 bridgehead atoms. The summed E-state index contributed by atoms with van der Waals surface area (Å²) in [4.78, 5) is 36.2. The molecule has 1 aromatic heterocycles. The van der Waals surface area contributed by atoms with Crippen LogP contribution in [0.3, 0.4) is 0 Å². The summed E-state index contributed by atoms with van der Waals surface area (Å²) in [5.41, 5.74) is 0.105. The minimum absolute atomic E-state index is 0.0642. The summed E-state index contributed by atoms with van der Waals surface area (Å²) >= 11 is 0. The zero-order valence-electron chi connectivity index (χ0n) is 13.8. The number of ketones is 1. The summed E-state index contributed by atoms with van der Waals surface area (Å²) in [5, 5.41) is 2.51. The summed E-state index contributed by atoms with van der Waals surface area (Å²) in [7, 11) is 0. The molecule has 0 aliphatic heterocycles. The summed E-state index contributed by atoms with van der Waals surface area (Å²) < 4.78 is 23.1. The van der Waals surface area contributed by atoms with E-state index in [0.717, 1.165) is 6.07 Å². The van der Waals surface area contributed by atoms with E-state index in [4.69, 9.17) is 9.15 Å². The number of carbonyl (C=O) groups excluding carboxylic acids is 3. The van der Waals surface area contributed by atoms with Gasteiger partial charge in [-0.05, 0) is 30.2 Å². The smallest absolute Gasteiger partial charge is 0.329 e. The SMILES string of the molecule is CC(C)[C@H](NC(=O)c1ccco1)C(=O)OCC(=O)c1cccc(F)c1. The predicted octanol–water partition coefficient (Wildman–Crippen LogP) is 2.60. The Morgan fingerprint density at radius 3 is 2.56 bits per heavy atom. The van der Waals surface area contributed by atoms with Crippen molar-refractivity contribution in [2.75, 3.05) is 6.61 Å². The van der Waals surface area contributed by atoms with Gasteiger partial charge < -0.3 is 14.5 Å². The number of hydrogen-bond donors (Lipinski definition) is 1. The molecule has 25 heavy (non-hydrogen) atoms. The second kappa shape index (κ2) is 8.23. The number of carbonyl (C=O) groups is 3. The number of halogens is 1. The van der Waals surface area contributed by atoms with E-state index in [1.165, 1.54) is 30.5 Å². The molecule has 1 amide bonds. The Bertz CT molecular complexity index is 755. The van der Waals surface area contributed by atoms with E-state index in [2.05, 4.69) is 5.32 Å². The van der Waals surface area contributed by atoms with Crippen molar-refractivity contribution in [3.63, 3.8) is 0 Å². The van der Waals surface area contributed by atoms with Crippen molar-refractivity contribution in [2.24, 2.45) is 5.92 Å². The molecule has 0 aliphatic rings. The lowest BCUT2D eigenvalue weighted by molar-refractivity contribution is -0.145. The van der Waals surface area contributed by atoms with Crippen LogP contribution in [0.5, 0.6) is 0 Å². The fourth-order valence-electron chi connectivity index (χ4n) is 2.09. The molecule has 2 aromatic rings. The first kappa shape index (κ1) is 18.4. The fraction of sp³-hybridized carbons (Fsp3) is 0.278. The maximum Gasteiger partial charge on any atom is 0.329 e. The van der Waals surface area contributed by atoms with Gasteiger partial charge >= 0.3 is 5.97 Å². The lowest BCUT2D eigenvalue weighted by Gasteiger charge is -2.20. The molecule has 0 radical (unpaired) electrons. The summed E-state index contributed by atoms with van der Waals surface area (Å²) in [6.45, 7) is 2.91. The highest BCUT2D eigenvalue weighted by Crippen LogP contribution is 2.09. The van der Waals surface area contributed by atoms with Gasteiger partial charge in [0.2, 0.25) is 0 Å². The lowest BCUT2D eigenvalue weighted by Crippen LogP contribution is -2.45. The zero-order chi connectivity index (χ0) is 18.4. The number of furan rings is 1. The Kier molecular flexibility index (Phi) is 6.05. The molecular formula is C18H18FNO5. The van der Waals surface area contributed by atoms with Crippen molar-refractivity contribution in [3.8, 4) is 0 Å². The van der Waals surface area contributed by atoms with E-state index in [9.17, 15) is 18.8 Å². The van der Waals surface area contributed by atoms with Crippen LogP contribution in [0.2, 0.25) is 0 Å². The van der Waals surface area contributed by atoms with E-state index in [1.807, 2.05) is 0 Å². The van der Waals surface area contributed by atoms with Gasteiger partial charge in [-0.3, -0.25) is 9.59 Å². The minimum atomic E-state index is -0.946. The first-order valence-electron chi connectivity index (χ1n) is 7.68. The molecule has 7 heteroatoms. The third kappa shape index (κ3) is 5.00. The van der Waals surface area contributed by atoms with Crippen LogP contribution in [0.4, 0.5) is 4.39 Å². The second-order valence-electron chi connectivity index (χ2n) is 5.71. The Morgan fingerprint density at radius 2 is 1.96 bits per heavy atom. The Balaban J connectivity index is 1.96. The number of esters is 1. The average molecular weight is 347 g/mol. The quantitative estimate of drug-likeness (QED) is 0.615. The van der Waals surface area contributed by atoms with Crippen molar-refractivity contribution in [2.45, 2.75) is 19.9 Å². The number of rotatable bonds is 7. The van der Waals surface area contributed by atoms with Gasteiger partial charge in [0.15, 0.2) is 18.2 Å². The molecule has 0 saturated carbocycles. The van der Waals surface area contributed by atoms with Crippen molar-refractivity contribution in [1.29, 1.82) is 0 Å². The zero-order valence-corrected chi connectivity index (χ0v) is 13.8. The van der Waals surface area contributed by atoms with Crippen LogP contribution in [0.1, 0.15) is 34.8 Å². The van der Waals surface area contributed by atoms with Gasteiger partial charge in [-0.1, -0.05) is 26.0 Å². The number of benzene rings is 1. The normalized spacial score (nSPS) is 11.8. The predicted molar refractivity (Wildman–Crippen MR) is 86.5 cm³/mol. The highest BCUT2D eigenvalue weighted by atomic mass is 19.1. The first-order valence-corrected chi connectivity index (χ1v) is 7.68. The van der Waals surface area contributed by atoms with Gasteiger partial charge in [0.1, 0.15) is 11.9 Å². The summed E-state index contributed by atoms with van der Waals surface area (Å²) in [6.07, 6.45) is 1.34. The maximum absolute atomic E-state index is 13.1. The Hall–Kier alpha value is -2.96. The first-order chi connectivity index (χ1) is 11.9. The molecule has 0 fully saturated rings. The third-order valence-electron chi connectivity index (χ3n) is 3.44. The molecule has 0 saturated heterocycles. The van der Waals surface area contributed by atoms with Crippen LogP contribution >= 0.6 is 0 Å².